The van der Waals surface area contributed by atoms with Crippen LogP contribution in [0.5, 0.6) is 5.75 Å². The molecule has 120 valence electrons. The van der Waals surface area contributed by atoms with Gasteiger partial charge in [-0.3, -0.25) is 9.59 Å². The largest absolute Gasteiger partial charge is 0.486 e. The van der Waals surface area contributed by atoms with E-state index in [9.17, 15) is 9.59 Å². The zero-order valence-electron chi connectivity index (χ0n) is 13.6. The highest BCUT2D eigenvalue weighted by Crippen LogP contribution is 2.20. The molecule has 0 saturated carbocycles. The van der Waals surface area contributed by atoms with Crippen molar-refractivity contribution in [3.8, 4) is 5.75 Å². The molecule has 1 saturated heterocycles. The Bertz CT molecular complexity index is 804. The van der Waals surface area contributed by atoms with Gasteiger partial charge in [-0.15, -0.1) is 0 Å². The second-order valence-corrected chi connectivity index (χ2v) is 5.99. The van der Waals surface area contributed by atoms with Crippen LogP contribution >= 0.6 is 0 Å². The second kappa shape index (κ2) is 5.91. The van der Waals surface area contributed by atoms with Crippen LogP contribution in [0, 0.1) is 13.8 Å². The third-order valence-corrected chi connectivity index (χ3v) is 4.29. The van der Waals surface area contributed by atoms with Gasteiger partial charge in [0.15, 0.2) is 0 Å². The molecule has 1 aliphatic heterocycles. The molecule has 1 aromatic carbocycles. The first-order valence-electron chi connectivity index (χ1n) is 7.65. The Balaban J connectivity index is 1.63. The molecule has 1 fully saturated rings. The van der Waals surface area contributed by atoms with Crippen molar-refractivity contribution in [2.75, 3.05) is 13.1 Å². The lowest BCUT2D eigenvalue weighted by atomic mass is 10.0. The van der Waals surface area contributed by atoms with Crippen LogP contribution in [-0.2, 0) is 7.05 Å². The van der Waals surface area contributed by atoms with Crippen LogP contribution < -0.4 is 10.3 Å². The van der Waals surface area contributed by atoms with Crippen molar-refractivity contribution < 1.29 is 9.53 Å². The van der Waals surface area contributed by atoms with E-state index in [0.717, 1.165) is 16.8 Å². The smallest absolute Gasteiger partial charge is 0.254 e. The summed E-state index contributed by atoms with van der Waals surface area (Å²) in [6.07, 6.45) is -0.0607. The Labute approximate surface area is 135 Å². The number of benzene rings is 1. The number of nitrogens with zero attached hydrogens (tertiary/aromatic N) is 2. The minimum atomic E-state index is -0.0906. The van der Waals surface area contributed by atoms with Gasteiger partial charge in [-0.1, -0.05) is 18.2 Å². The molecular formula is C18H20N2O3. The lowest BCUT2D eigenvalue weighted by molar-refractivity contribution is 0.0176. The van der Waals surface area contributed by atoms with Gasteiger partial charge < -0.3 is 14.2 Å². The molecule has 23 heavy (non-hydrogen) atoms. The quantitative estimate of drug-likeness (QED) is 0.870. The summed E-state index contributed by atoms with van der Waals surface area (Å²) in [5.74, 6) is 0.599. The average Bonchev–Trinajstić information content (AvgIpc) is 2.48. The van der Waals surface area contributed by atoms with Gasteiger partial charge in [-0.2, -0.15) is 0 Å². The zero-order valence-corrected chi connectivity index (χ0v) is 13.6. The van der Waals surface area contributed by atoms with E-state index in [0.29, 0.717) is 18.8 Å². The Morgan fingerprint density at radius 2 is 1.87 bits per heavy atom. The van der Waals surface area contributed by atoms with E-state index in [2.05, 4.69) is 0 Å². The standard InChI is InChI=1S/C18H20N2O3/c1-12-6-4-5-7-16(12)18(22)20-10-15(11-20)23-14-8-13(2)19(3)17(21)9-14/h4-9,15H,10-11H2,1-3H3. The number of rotatable bonds is 3. The Morgan fingerprint density at radius 1 is 1.17 bits per heavy atom. The van der Waals surface area contributed by atoms with E-state index in [1.54, 1.807) is 16.5 Å². The summed E-state index contributed by atoms with van der Waals surface area (Å²) >= 11 is 0. The lowest BCUT2D eigenvalue weighted by Gasteiger charge is -2.39. The van der Waals surface area contributed by atoms with Crippen LogP contribution in [0.1, 0.15) is 21.6 Å². The third-order valence-electron chi connectivity index (χ3n) is 4.29. The highest BCUT2D eigenvalue weighted by atomic mass is 16.5. The van der Waals surface area contributed by atoms with E-state index >= 15 is 0 Å². The Hall–Kier alpha value is -2.56. The van der Waals surface area contributed by atoms with Gasteiger partial charge in [0.1, 0.15) is 11.9 Å². The molecule has 1 amide bonds. The van der Waals surface area contributed by atoms with Gasteiger partial charge in [0.05, 0.1) is 13.1 Å². The van der Waals surface area contributed by atoms with Crippen molar-refractivity contribution in [1.29, 1.82) is 0 Å². The maximum Gasteiger partial charge on any atom is 0.254 e. The van der Waals surface area contributed by atoms with E-state index in [4.69, 9.17) is 4.74 Å². The maximum atomic E-state index is 12.4. The molecule has 0 aliphatic carbocycles. The summed E-state index contributed by atoms with van der Waals surface area (Å²) in [6.45, 7) is 4.88. The van der Waals surface area contributed by atoms with Gasteiger partial charge in [-0.25, -0.2) is 0 Å². The highest BCUT2D eigenvalue weighted by Gasteiger charge is 2.33. The number of amides is 1. The molecule has 0 unspecified atom stereocenters. The number of aryl methyl sites for hydroxylation is 2. The van der Waals surface area contributed by atoms with Crippen molar-refractivity contribution in [3.63, 3.8) is 0 Å². The molecule has 0 spiro atoms. The van der Waals surface area contributed by atoms with Crippen LogP contribution in [0.3, 0.4) is 0 Å². The van der Waals surface area contributed by atoms with Crippen molar-refractivity contribution in [2.24, 2.45) is 7.05 Å². The van der Waals surface area contributed by atoms with E-state index < -0.39 is 0 Å². The molecule has 1 aromatic heterocycles. The van der Waals surface area contributed by atoms with Crippen LogP contribution in [0.2, 0.25) is 0 Å². The number of ether oxygens (including phenoxy) is 1. The van der Waals surface area contributed by atoms with Crippen LogP contribution in [-0.4, -0.2) is 34.6 Å². The first kappa shape index (κ1) is 15.3. The van der Waals surface area contributed by atoms with Crippen LogP contribution in [0.15, 0.2) is 41.2 Å². The lowest BCUT2D eigenvalue weighted by Crippen LogP contribution is -2.56. The maximum absolute atomic E-state index is 12.4. The van der Waals surface area contributed by atoms with Gasteiger partial charge in [0, 0.05) is 24.4 Å². The fraction of sp³-hybridized carbons (Fsp3) is 0.333. The highest BCUT2D eigenvalue weighted by molar-refractivity contribution is 5.96. The fourth-order valence-corrected chi connectivity index (χ4v) is 2.66. The monoisotopic (exact) mass is 312 g/mol. The number of pyridine rings is 1. The number of carbonyl (C=O) groups excluding carboxylic acids is 1. The number of aromatic nitrogens is 1. The summed E-state index contributed by atoms with van der Waals surface area (Å²) in [7, 11) is 1.73. The molecule has 0 radical (unpaired) electrons. The first-order chi connectivity index (χ1) is 11.0. The fourth-order valence-electron chi connectivity index (χ4n) is 2.66. The topological polar surface area (TPSA) is 51.5 Å². The molecule has 3 rings (SSSR count). The van der Waals surface area contributed by atoms with Crippen molar-refractivity contribution in [2.45, 2.75) is 20.0 Å². The SMILES string of the molecule is Cc1ccccc1C(=O)N1CC(Oc2cc(C)n(C)c(=O)c2)C1. The van der Waals surface area contributed by atoms with Gasteiger partial charge in [0.2, 0.25) is 0 Å². The first-order valence-corrected chi connectivity index (χ1v) is 7.65. The normalized spacial score (nSPS) is 14.5. The zero-order chi connectivity index (χ0) is 16.6. The summed E-state index contributed by atoms with van der Waals surface area (Å²) in [5.41, 5.74) is 2.46. The minimum absolute atomic E-state index is 0.0307. The minimum Gasteiger partial charge on any atom is -0.486 e. The van der Waals surface area contributed by atoms with E-state index in [1.807, 2.05) is 44.2 Å². The van der Waals surface area contributed by atoms with Crippen LogP contribution in [0.25, 0.3) is 0 Å². The summed E-state index contributed by atoms with van der Waals surface area (Å²) < 4.78 is 7.38. The van der Waals surface area contributed by atoms with Gasteiger partial charge in [0.25, 0.3) is 11.5 Å². The molecule has 0 atom stereocenters. The van der Waals surface area contributed by atoms with Crippen LogP contribution in [0.4, 0.5) is 0 Å². The predicted octanol–water partition coefficient (Wildman–Crippen LogP) is 1.91. The molecule has 1 aliphatic rings. The molecular weight excluding hydrogens is 292 g/mol. The predicted molar refractivity (Wildman–Crippen MR) is 87.9 cm³/mol. The Kier molecular flexibility index (Phi) is 3.94. The van der Waals surface area contributed by atoms with E-state index in [-0.39, 0.29) is 17.6 Å². The van der Waals surface area contributed by atoms with Gasteiger partial charge in [-0.05, 0) is 31.5 Å². The average molecular weight is 312 g/mol. The number of carbonyl (C=O) groups is 1. The number of hydrogen-bond donors (Lipinski definition) is 0. The molecule has 0 N–H and O–H groups in total. The molecule has 2 aromatic rings. The third kappa shape index (κ3) is 2.99. The number of hydrogen-bond acceptors (Lipinski definition) is 3. The van der Waals surface area contributed by atoms with Crippen molar-refractivity contribution in [1.82, 2.24) is 9.47 Å². The molecule has 2 heterocycles. The molecule has 5 nitrogen and oxygen atoms in total. The van der Waals surface area contributed by atoms with E-state index in [1.165, 1.54) is 6.07 Å². The summed E-state index contributed by atoms with van der Waals surface area (Å²) in [4.78, 5) is 25.9. The van der Waals surface area contributed by atoms with Crippen molar-refractivity contribution >= 4 is 5.91 Å². The molecule has 5 heteroatoms. The second-order valence-electron chi connectivity index (χ2n) is 5.99. The number of likely N-dealkylation sites (tertiary alicyclic amines) is 1. The summed E-state index contributed by atoms with van der Waals surface area (Å²) in [5, 5.41) is 0. The van der Waals surface area contributed by atoms with Crippen molar-refractivity contribution in [3.05, 3.63) is 63.6 Å². The Morgan fingerprint density at radius 3 is 2.52 bits per heavy atom. The summed E-state index contributed by atoms with van der Waals surface area (Å²) in [6, 6.07) is 10.9. The molecule has 0 bridgehead atoms. The van der Waals surface area contributed by atoms with Gasteiger partial charge >= 0.3 is 0 Å².